The molecule has 1 aromatic carbocycles. The van der Waals surface area contributed by atoms with Crippen molar-refractivity contribution in [2.24, 2.45) is 11.3 Å². The van der Waals surface area contributed by atoms with E-state index in [1.807, 2.05) is 36.4 Å². The summed E-state index contributed by atoms with van der Waals surface area (Å²) in [4.78, 5) is 24.6. The highest BCUT2D eigenvalue weighted by atomic mass is 16.5. The summed E-state index contributed by atoms with van der Waals surface area (Å²) in [5, 5.41) is 14.8. The lowest BCUT2D eigenvalue weighted by molar-refractivity contribution is -0.142. The van der Waals surface area contributed by atoms with Crippen molar-refractivity contribution in [2.45, 2.75) is 43.7 Å². The number of piperidine rings is 1. The molecule has 9 nitrogen and oxygen atoms in total. The Hall–Kier alpha value is -3.30. The topological polar surface area (TPSA) is 108 Å². The highest BCUT2D eigenvalue weighted by molar-refractivity contribution is 5.95. The molecule has 4 aliphatic rings. The Kier molecular flexibility index (Phi) is 6.20. The molecule has 3 heterocycles. The van der Waals surface area contributed by atoms with Gasteiger partial charge in [0, 0.05) is 49.4 Å². The molecule has 3 aliphatic carbocycles. The molecule has 1 saturated heterocycles. The maximum absolute atomic E-state index is 13.3. The predicted molar refractivity (Wildman–Crippen MR) is 141 cm³/mol. The number of aromatic amines is 1. The van der Waals surface area contributed by atoms with Crippen molar-refractivity contribution in [1.29, 1.82) is 0 Å². The van der Waals surface area contributed by atoms with Crippen molar-refractivity contribution >= 4 is 11.6 Å². The van der Waals surface area contributed by atoms with Crippen LogP contribution in [0.3, 0.4) is 0 Å². The van der Waals surface area contributed by atoms with Crippen LogP contribution in [0.4, 0.5) is 5.69 Å². The van der Waals surface area contributed by atoms with Gasteiger partial charge in [0.1, 0.15) is 0 Å². The Morgan fingerprint density at radius 1 is 1.19 bits per heavy atom. The molecule has 3 N–H and O–H groups in total. The van der Waals surface area contributed by atoms with E-state index in [0.29, 0.717) is 18.0 Å². The lowest BCUT2D eigenvalue weighted by Gasteiger charge is -2.65. The Labute approximate surface area is 217 Å². The molecule has 1 aliphatic heterocycles. The summed E-state index contributed by atoms with van der Waals surface area (Å²) >= 11 is 0. The van der Waals surface area contributed by atoms with Crippen LogP contribution in [0.25, 0.3) is 11.4 Å². The number of anilines is 1. The van der Waals surface area contributed by atoms with Gasteiger partial charge >= 0.3 is 0 Å². The van der Waals surface area contributed by atoms with Crippen LogP contribution in [0, 0.1) is 11.3 Å². The summed E-state index contributed by atoms with van der Waals surface area (Å²) in [6, 6.07) is 11.7. The van der Waals surface area contributed by atoms with Crippen molar-refractivity contribution in [1.82, 2.24) is 30.4 Å². The highest BCUT2D eigenvalue weighted by Gasteiger charge is 2.60. The number of aromatic nitrogens is 4. The Balaban J connectivity index is 1.23. The summed E-state index contributed by atoms with van der Waals surface area (Å²) in [5.74, 6) is 2.27. The van der Waals surface area contributed by atoms with Gasteiger partial charge in [0.2, 0.25) is 0 Å². The van der Waals surface area contributed by atoms with Gasteiger partial charge in [-0.1, -0.05) is 6.07 Å². The maximum Gasteiger partial charge on any atom is 0.251 e. The number of rotatable bonds is 9. The van der Waals surface area contributed by atoms with Gasteiger partial charge in [0.05, 0.1) is 18.2 Å². The van der Waals surface area contributed by atoms with Gasteiger partial charge < -0.3 is 20.3 Å². The molecule has 3 aromatic rings. The van der Waals surface area contributed by atoms with E-state index in [1.54, 1.807) is 19.5 Å². The van der Waals surface area contributed by atoms with Gasteiger partial charge in [0.15, 0.2) is 11.6 Å². The first-order valence-corrected chi connectivity index (χ1v) is 13.2. The summed E-state index contributed by atoms with van der Waals surface area (Å²) < 4.78 is 5.47. The van der Waals surface area contributed by atoms with Gasteiger partial charge in [-0.15, -0.1) is 0 Å². The lowest BCUT2D eigenvalue weighted by atomic mass is 9.42. The van der Waals surface area contributed by atoms with E-state index in [9.17, 15) is 4.79 Å². The molecule has 4 fully saturated rings. The van der Waals surface area contributed by atoms with Crippen LogP contribution in [0.15, 0.2) is 48.8 Å². The van der Waals surface area contributed by atoms with E-state index in [4.69, 9.17) is 9.72 Å². The molecular weight excluding hydrogens is 466 g/mol. The van der Waals surface area contributed by atoms with Crippen LogP contribution in [-0.4, -0.2) is 70.9 Å². The number of hydrogen-bond donors (Lipinski definition) is 3. The molecular formula is C28H35N7O2. The third-order valence-electron chi connectivity index (χ3n) is 8.69. The molecule has 7 rings (SSSR count). The standard InChI is InChI=1S/C28H35N7O2/c1-35-12-8-28(9-13-35,26-31-24(33-34-26)20-6-10-29-11-7-20)32-22-5-3-4-21(14-22)25(36)30-23(18-37-2)27-15-19(16-27)17-27/h3-7,10-11,14,19,23,32H,8-9,12-13,15-18H2,1-2H3,(H,30,36)(H,31,33,34). The molecule has 0 spiro atoms. The molecule has 3 saturated carbocycles. The first kappa shape index (κ1) is 24.1. The maximum atomic E-state index is 13.3. The second-order valence-corrected chi connectivity index (χ2v) is 11.2. The number of carbonyl (C=O) groups is 1. The van der Waals surface area contributed by atoms with Crippen molar-refractivity contribution in [3.8, 4) is 11.4 Å². The fourth-order valence-corrected chi connectivity index (χ4v) is 6.29. The number of carbonyl (C=O) groups excluding carboxylic acids is 1. The van der Waals surface area contributed by atoms with E-state index < -0.39 is 5.54 Å². The normalized spacial score (nSPS) is 25.0. The Bertz CT molecular complexity index is 1240. The monoisotopic (exact) mass is 501 g/mol. The van der Waals surface area contributed by atoms with Gasteiger partial charge in [0.25, 0.3) is 5.91 Å². The average molecular weight is 502 g/mol. The number of likely N-dealkylation sites (tertiary alicyclic amines) is 1. The number of ether oxygens (including phenoxy) is 1. The van der Waals surface area contributed by atoms with Crippen LogP contribution in [0.2, 0.25) is 0 Å². The zero-order chi connectivity index (χ0) is 25.5. The SMILES string of the molecule is COCC(NC(=O)c1cccc(NC2(c3nc(-c4ccncc4)n[nH]3)CCN(C)CC2)c1)C12CC(C1)C2. The molecule has 194 valence electrons. The number of H-pyrrole nitrogens is 1. The summed E-state index contributed by atoms with van der Waals surface area (Å²) in [5.41, 5.74) is 2.30. The minimum absolute atomic E-state index is 0.0486. The largest absolute Gasteiger partial charge is 0.383 e. The fourth-order valence-electron chi connectivity index (χ4n) is 6.29. The number of benzene rings is 1. The number of nitrogens with one attached hydrogen (secondary N) is 3. The summed E-state index contributed by atoms with van der Waals surface area (Å²) in [7, 11) is 3.85. The fraction of sp³-hybridized carbons (Fsp3) is 0.500. The second kappa shape index (κ2) is 9.54. The van der Waals surface area contributed by atoms with Gasteiger partial charge in [-0.05, 0) is 80.8 Å². The molecule has 2 bridgehead atoms. The Morgan fingerprint density at radius 2 is 1.95 bits per heavy atom. The zero-order valence-electron chi connectivity index (χ0n) is 21.5. The van der Waals surface area contributed by atoms with Gasteiger partial charge in [-0.25, -0.2) is 4.98 Å². The van der Waals surface area contributed by atoms with Crippen LogP contribution >= 0.6 is 0 Å². The molecule has 1 amide bonds. The van der Waals surface area contributed by atoms with E-state index >= 15 is 0 Å². The van der Waals surface area contributed by atoms with Crippen molar-refractivity contribution in [3.05, 3.63) is 60.2 Å². The molecule has 1 unspecified atom stereocenters. The van der Waals surface area contributed by atoms with Crippen LogP contribution < -0.4 is 10.6 Å². The van der Waals surface area contributed by atoms with E-state index in [0.717, 1.165) is 48.9 Å². The highest BCUT2D eigenvalue weighted by Crippen LogP contribution is 2.66. The second-order valence-electron chi connectivity index (χ2n) is 11.2. The smallest absolute Gasteiger partial charge is 0.251 e. The van der Waals surface area contributed by atoms with E-state index in [1.165, 1.54) is 19.3 Å². The van der Waals surface area contributed by atoms with Crippen LogP contribution in [-0.2, 0) is 10.3 Å². The number of nitrogens with zero attached hydrogens (tertiary/aromatic N) is 4. The number of pyridine rings is 1. The first-order chi connectivity index (χ1) is 18.0. The van der Waals surface area contributed by atoms with Crippen molar-refractivity contribution in [2.75, 3.05) is 39.2 Å². The molecule has 9 heteroatoms. The molecule has 0 radical (unpaired) electrons. The number of amides is 1. The summed E-state index contributed by atoms with van der Waals surface area (Å²) in [6.45, 7) is 2.42. The van der Waals surface area contributed by atoms with Gasteiger partial charge in [-0.2, -0.15) is 5.10 Å². The molecule has 2 aromatic heterocycles. The third kappa shape index (κ3) is 4.51. The first-order valence-electron chi connectivity index (χ1n) is 13.2. The van der Waals surface area contributed by atoms with Gasteiger partial charge in [-0.3, -0.25) is 14.9 Å². The van der Waals surface area contributed by atoms with Crippen LogP contribution in [0.1, 0.15) is 48.3 Å². The minimum atomic E-state index is -0.412. The average Bonchev–Trinajstić information content (AvgIpc) is 3.36. The lowest BCUT2D eigenvalue weighted by Crippen LogP contribution is -2.64. The summed E-state index contributed by atoms with van der Waals surface area (Å²) in [6.07, 6.45) is 8.85. The number of hydrogen-bond acceptors (Lipinski definition) is 7. The zero-order valence-corrected chi connectivity index (χ0v) is 21.5. The van der Waals surface area contributed by atoms with E-state index in [2.05, 4.69) is 37.8 Å². The molecule has 1 atom stereocenters. The quantitative estimate of drug-likeness (QED) is 0.412. The Morgan fingerprint density at radius 3 is 2.62 bits per heavy atom. The minimum Gasteiger partial charge on any atom is -0.383 e. The van der Waals surface area contributed by atoms with Crippen molar-refractivity contribution in [3.63, 3.8) is 0 Å². The van der Waals surface area contributed by atoms with E-state index in [-0.39, 0.29) is 17.4 Å². The number of methoxy groups -OCH3 is 1. The van der Waals surface area contributed by atoms with Crippen LogP contribution in [0.5, 0.6) is 0 Å². The molecule has 37 heavy (non-hydrogen) atoms. The predicted octanol–water partition coefficient (Wildman–Crippen LogP) is 3.44. The third-order valence-corrected chi connectivity index (χ3v) is 8.69. The van der Waals surface area contributed by atoms with Crippen molar-refractivity contribution < 1.29 is 9.53 Å².